The van der Waals surface area contributed by atoms with Gasteiger partial charge in [0.2, 0.25) is 5.91 Å². The first-order valence-corrected chi connectivity index (χ1v) is 7.77. The Bertz CT molecular complexity index is 798. The SMILES string of the molecule is CC(=O)Nc1ccc(C(=O)OCC(=O)Nc2cc(C)ccc2C)cc1. The predicted molar refractivity (Wildman–Crippen MR) is 95.6 cm³/mol. The number of carbonyl (C=O) groups excluding carboxylic acids is 3. The maximum Gasteiger partial charge on any atom is 0.338 e. The smallest absolute Gasteiger partial charge is 0.338 e. The van der Waals surface area contributed by atoms with E-state index in [1.807, 2.05) is 32.0 Å². The van der Waals surface area contributed by atoms with E-state index in [0.717, 1.165) is 11.1 Å². The summed E-state index contributed by atoms with van der Waals surface area (Å²) in [5.41, 5.74) is 3.53. The normalized spacial score (nSPS) is 10.0. The highest BCUT2D eigenvalue weighted by molar-refractivity contribution is 5.96. The largest absolute Gasteiger partial charge is 0.452 e. The number of benzene rings is 2. The van der Waals surface area contributed by atoms with Gasteiger partial charge in [0.05, 0.1) is 5.56 Å². The molecule has 2 rings (SSSR count). The summed E-state index contributed by atoms with van der Waals surface area (Å²) in [7, 11) is 0. The number of aryl methyl sites for hydroxylation is 2. The zero-order chi connectivity index (χ0) is 18.4. The van der Waals surface area contributed by atoms with Crippen molar-refractivity contribution in [2.24, 2.45) is 0 Å². The van der Waals surface area contributed by atoms with Gasteiger partial charge in [-0.15, -0.1) is 0 Å². The van der Waals surface area contributed by atoms with Crippen LogP contribution in [0.5, 0.6) is 0 Å². The molecular formula is C19H20N2O4. The summed E-state index contributed by atoms with van der Waals surface area (Å²) in [6, 6.07) is 12.0. The van der Waals surface area contributed by atoms with Crippen LogP contribution in [0.1, 0.15) is 28.4 Å². The van der Waals surface area contributed by atoms with Gasteiger partial charge in [-0.05, 0) is 55.3 Å². The van der Waals surface area contributed by atoms with Crippen LogP contribution in [0.25, 0.3) is 0 Å². The summed E-state index contributed by atoms with van der Waals surface area (Å²) in [5, 5.41) is 5.33. The first-order valence-electron chi connectivity index (χ1n) is 7.77. The van der Waals surface area contributed by atoms with Crippen molar-refractivity contribution in [3.8, 4) is 0 Å². The number of anilines is 2. The summed E-state index contributed by atoms with van der Waals surface area (Å²) in [4.78, 5) is 34.9. The summed E-state index contributed by atoms with van der Waals surface area (Å²) in [6.07, 6.45) is 0. The maximum atomic E-state index is 12.0. The fourth-order valence-electron chi connectivity index (χ4n) is 2.16. The van der Waals surface area contributed by atoms with Gasteiger partial charge in [-0.3, -0.25) is 9.59 Å². The lowest BCUT2D eigenvalue weighted by atomic mass is 10.1. The maximum absolute atomic E-state index is 12.0. The molecule has 2 N–H and O–H groups in total. The molecule has 0 fully saturated rings. The monoisotopic (exact) mass is 340 g/mol. The Morgan fingerprint density at radius 2 is 1.64 bits per heavy atom. The lowest BCUT2D eigenvalue weighted by molar-refractivity contribution is -0.119. The number of amides is 2. The number of ether oxygens (including phenoxy) is 1. The minimum atomic E-state index is -0.606. The van der Waals surface area contributed by atoms with Crippen molar-refractivity contribution in [1.29, 1.82) is 0 Å². The third kappa shape index (κ3) is 5.46. The quantitative estimate of drug-likeness (QED) is 0.819. The highest BCUT2D eigenvalue weighted by Gasteiger charge is 2.11. The molecule has 0 aliphatic rings. The van der Waals surface area contributed by atoms with Crippen LogP contribution in [0.4, 0.5) is 11.4 Å². The lowest BCUT2D eigenvalue weighted by Crippen LogP contribution is -2.21. The second kappa shape index (κ2) is 8.10. The predicted octanol–water partition coefficient (Wildman–Crippen LogP) is 3.06. The number of nitrogens with one attached hydrogen (secondary N) is 2. The zero-order valence-corrected chi connectivity index (χ0v) is 14.4. The van der Waals surface area contributed by atoms with E-state index in [0.29, 0.717) is 16.9 Å². The molecule has 0 bridgehead atoms. The van der Waals surface area contributed by atoms with Crippen LogP contribution in [-0.2, 0) is 14.3 Å². The van der Waals surface area contributed by atoms with E-state index >= 15 is 0 Å². The van der Waals surface area contributed by atoms with Crippen molar-refractivity contribution >= 4 is 29.2 Å². The summed E-state index contributed by atoms with van der Waals surface area (Å²) < 4.78 is 5.01. The summed E-state index contributed by atoms with van der Waals surface area (Å²) in [6.45, 7) is 4.84. The van der Waals surface area contributed by atoms with Gasteiger partial charge in [0.25, 0.3) is 5.91 Å². The molecule has 0 saturated carbocycles. The average molecular weight is 340 g/mol. The molecule has 0 aromatic heterocycles. The molecule has 6 heteroatoms. The first kappa shape index (κ1) is 18.2. The van der Waals surface area contributed by atoms with Crippen LogP contribution in [-0.4, -0.2) is 24.4 Å². The molecule has 0 unspecified atom stereocenters. The van der Waals surface area contributed by atoms with Crippen LogP contribution in [0.3, 0.4) is 0 Å². The van der Waals surface area contributed by atoms with Gasteiger partial charge in [0.15, 0.2) is 6.61 Å². The number of esters is 1. The van der Waals surface area contributed by atoms with E-state index < -0.39 is 11.9 Å². The molecule has 2 amide bonds. The van der Waals surface area contributed by atoms with Crippen molar-refractivity contribution in [1.82, 2.24) is 0 Å². The highest BCUT2D eigenvalue weighted by atomic mass is 16.5. The van der Waals surface area contributed by atoms with Crippen LogP contribution < -0.4 is 10.6 Å². The van der Waals surface area contributed by atoms with Gasteiger partial charge >= 0.3 is 5.97 Å². The van der Waals surface area contributed by atoms with Gasteiger partial charge in [-0.25, -0.2) is 4.79 Å². The van der Waals surface area contributed by atoms with E-state index in [1.54, 1.807) is 12.1 Å². The molecule has 0 radical (unpaired) electrons. The Hall–Kier alpha value is -3.15. The Balaban J connectivity index is 1.89. The average Bonchev–Trinajstić information content (AvgIpc) is 2.56. The van der Waals surface area contributed by atoms with Crippen LogP contribution in [0.2, 0.25) is 0 Å². The third-order valence-corrected chi connectivity index (χ3v) is 3.44. The zero-order valence-electron chi connectivity index (χ0n) is 14.4. The van der Waals surface area contributed by atoms with Gasteiger partial charge in [0.1, 0.15) is 0 Å². The van der Waals surface area contributed by atoms with E-state index in [9.17, 15) is 14.4 Å². The van der Waals surface area contributed by atoms with Gasteiger partial charge in [0, 0.05) is 18.3 Å². The molecule has 0 atom stereocenters. The Kier molecular flexibility index (Phi) is 5.89. The minimum Gasteiger partial charge on any atom is -0.452 e. The lowest BCUT2D eigenvalue weighted by Gasteiger charge is -2.10. The van der Waals surface area contributed by atoms with E-state index in [1.165, 1.54) is 19.1 Å². The van der Waals surface area contributed by atoms with Gasteiger partial charge in [-0.1, -0.05) is 12.1 Å². The van der Waals surface area contributed by atoms with Crippen molar-refractivity contribution in [2.75, 3.05) is 17.2 Å². The molecule has 130 valence electrons. The standard InChI is InChI=1S/C19H20N2O4/c1-12-4-5-13(2)17(10-12)21-18(23)11-25-19(24)15-6-8-16(9-7-15)20-14(3)22/h4-10H,11H2,1-3H3,(H,20,22)(H,21,23). The van der Waals surface area contributed by atoms with Crippen LogP contribution in [0, 0.1) is 13.8 Å². The Morgan fingerprint density at radius 3 is 2.28 bits per heavy atom. The molecule has 0 aliphatic carbocycles. The van der Waals surface area contributed by atoms with Crippen molar-refractivity contribution in [3.05, 3.63) is 59.2 Å². The molecule has 0 spiro atoms. The summed E-state index contributed by atoms with van der Waals surface area (Å²) in [5.74, 6) is -1.21. The van der Waals surface area contributed by atoms with Crippen molar-refractivity contribution in [2.45, 2.75) is 20.8 Å². The van der Waals surface area contributed by atoms with Crippen molar-refractivity contribution in [3.63, 3.8) is 0 Å². The second-order valence-corrected chi connectivity index (χ2v) is 5.70. The number of rotatable bonds is 5. The first-order chi connectivity index (χ1) is 11.8. The molecule has 0 aliphatic heterocycles. The van der Waals surface area contributed by atoms with Crippen LogP contribution in [0.15, 0.2) is 42.5 Å². The van der Waals surface area contributed by atoms with E-state index in [2.05, 4.69) is 10.6 Å². The Morgan fingerprint density at radius 1 is 0.960 bits per heavy atom. The topological polar surface area (TPSA) is 84.5 Å². The minimum absolute atomic E-state index is 0.196. The molecule has 0 saturated heterocycles. The summed E-state index contributed by atoms with van der Waals surface area (Å²) >= 11 is 0. The number of hydrogen-bond donors (Lipinski definition) is 2. The Labute approximate surface area is 146 Å². The van der Waals surface area contributed by atoms with Crippen LogP contribution >= 0.6 is 0 Å². The number of carbonyl (C=O) groups is 3. The third-order valence-electron chi connectivity index (χ3n) is 3.44. The highest BCUT2D eigenvalue weighted by Crippen LogP contribution is 2.16. The van der Waals surface area contributed by atoms with Gasteiger partial charge in [-0.2, -0.15) is 0 Å². The van der Waals surface area contributed by atoms with Crippen molar-refractivity contribution < 1.29 is 19.1 Å². The number of hydrogen-bond acceptors (Lipinski definition) is 4. The fourth-order valence-corrected chi connectivity index (χ4v) is 2.16. The van der Waals surface area contributed by atoms with E-state index in [4.69, 9.17) is 4.74 Å². The second-order valence-electron chi connectivity index (χ2n) is 5.70. The molecular weight excluding hydrogens is 320 g/mol. The molecule has 0 heterocycles. The molecule has 2 aromatic carbocycles. The van der Waals surface area contributed by atoms with Gasteiger partial charge < -0.3 is 15.4 Å². The fraction of sp³-hybridized carbons (Fsp3) is 0.211. The molecule has 2 aromatic rings. The molecule has 6 nitrogen and oxygen atoms in total. The molecule has 25 heavy (non-hydrogen) atoms. The van der Waals surface area contributed by atoms with E-state index in [-0.39, 0.29) is 12.5 Å².